The third-order valence-corrected chi connectivity index (χ3v) is 2.27. The summed E-state index contributed by atoms with van der Waals surface area (Å²) in [4.78, 5) is 8.12. The van der Waals surface area contributed by atoms with Crippen LogP contribution in [0.15, 0.2) is 36.7 Å². The van der Waals surface area contributed by atoms with Crippen LogP contribution in [0.5, 0.6) is 5.88 Å². The molecule has 0 saturated carbocycles. The zero-order chi connectivity index (χ0) is 11.4. The van der Waals surface area contributed by atoms with Gasteiger partial charge in [0, 0.05) is 18.5 Å². The van der Waals surface area contributed by atoms with Gasteiger partial charge in [-0.15, -0.1) is 0 Å². The number of aromatic nitrogens is 2. The number of ether oxygens (including phenoxy) is 1. The van der Waals surface area contributed by atoms with Gasteiger partial charge in [0.25, 0.3) is 0 Å². The Hall–Kier alpha value is -1.81. The summed E-state index contributed by atoms with van der Waals surface area (Å²) in [7, 11) is 1.57. The molecule has 16 heavy (non-hydrogen) atoms. The summed E-state index contributed by atoms with van der Waals surface area (Å²) in [5, 5.41) is 3.63. The molecular formula is C11H10ClN3O. The van der Waals surface area contributed by atoms with Crippen LogP contribution in [-0.2, 0) is 0 Å². The number of hydrogen-bond acceptors (Lipinski definition) is 4. The zero-order valence-electron chi connectivity index (χ0n) is 8.64. The van der Waals surface area contributed by atoms with Crippen molar-refractivity contribution in [1.82, 2.24) is 9.97 Å². The SMILES string of the molecule is COc1cccc(Nc2ccncc2Cl)n1. The van der Waals surface area contributed by atoms with Crippen molar-refractivity contribution in [3.8, 4) is 5.88 Å². The van der Waals surface area contributed by atoms with E-state index in [1.54, 1.807) is 31.6 Å². The summed E-state index contributed by atoms with van der Waals surface area (Å²) in [5.74, 6) is 1.22. The van der Waals surface area contributed by atoms with Crippen molar-refractivity contribution in [2.45, 2.75) is 0 Å². The Bertz CT molecular complexity index is 490. The molecule has 0 aliphatic heterocycles. The Balaban J connectivity index is 2.24. The van der Waals surface area contributed by atoms with Crippen LogP contribution in [0, 0.1) is 0 Å². The van der Waals surface area contributed by atoms with Crippen LogP contribution < -0.4 is 10.1 Å². The highest BCUT2D eigenvalue weighted by Crippen LogP contribution is 2.23. The number of anilines is 2. The monoisotopic (exact) mass is 235 g/mol. The standard InChI is InChI=1S/C11H10ClN3O/c1-16-11-4-2-3-10(15-11)14-9-5-6-13-7-8(9)12/h2-7H,1H3,(H,13,14,15). The fraction of sp³-hybridized carbons (Fsp3) is 0.0909. The lowest BCUT2D eigenvalue weighted by Crippen LogP contribution is -1.96. The summed E-state index contributed by atoms with van der Waals surface area (Å²) in [6.45, 7) is 0. The van der Waals surface area contributed by atoms with E-state index < -0.39 is 0 Å². The first-order valence-electron chi connectivity index (χ1n) is 4.67. The second-order valence-electron chi connectivity index (χ2n) is 3.05. The lowest BCUT2D eigenvalue weighted by molar-refractivity contribution is 0.398. The lowest BCUT2D eigenvalue weighted by atomic mass is 10.4. The minimum absolute atomic E-state index is 0.548. The van der Waals surface area contributed by atoms with E-state index in [0.29, 0.717) is 16.7 Å². The van der Waals surface area contributed by atoms with Gasteiger partial charge < -0.3 is 10.1 Å². The van der Waals surface area contributed by atoms with Crippen molar-refractivity contribution in [3.05, 3.63) is 41.7 Å². The maximum Gasteiger partial charge on any atom is 0.214 e. The average Bonchev–Trinajstić information content (AvgIpc) is 2.32. The van der Waals surface area contributed by atoms with Crippen molar-refractivity contribution < 1.29 is 4.74 Å². The molecule has 82 valence electrons. The molecule has 0 spiro atoms. The third-order valence-electron chi connectivity index (χ3n) is 1.97. The Morgan fingerprint density at radius 2 is 2.19 bits per heavy atom. The van der Waals surface area contributed by atoms with E-state index in [9.17, 15) is 0 Å². The van der Waals surface area contributed by atoms with Crippen molar-refractivity contribution in [1.29, 1.82) is 0 Å². The Morgan fingerprint density at radius 1 is 1.31 bits per heavy atom. The van der Waals surface area contributed by atoms with Crippen LogP contribution >= 0.6 is 11.6 Å². The molecule has 2 heterocycles. The van der Waals surface area contributed by atoms with Gasteiger partial charge in [0.05, 0.1) is 17.8 Å². The van der Waals surface area contributed by atoms with E-state index in [1.807, 2.05) is 12.1 Å². The first-order chi connectivity index (χ1) is 7.79. The molecule has 0 aliphatic carbocycles. The van der Waals surface area contributed by atoms with E-state index in [4.69, 9.17) is 16.3 Å². The molecular weight excluding hydrogens is 226 g/mol. The molecule has 2 aromatic rings. The largest absolute Gasteiger partial charge is 0.481 e. The van der Waals surface area contributed by atoms with Crippen molar-refractivity contribution >= 4 is 23.1 Å². The zero-order valence-corrected chi connectivity index (χ0v) is 9.40. The summed E-state index contributed by atoms with van der Waals surface area (Å²) < 4.78 is 5.03. The second kappa shape index (κ2) is 4.81. The normalized spacial score (nSPS) is 9.88. The van der Waals surface area contributed by atoms with E-state index in [0.717, 1.165) is 5.69 Å². The third kappa shape index (κ3) is 2.41. The fourth-order valence-electron chi connectivity index (χ4n) is 1.21. The smallest absolute Gasteiger partial charge is 0.214 e. The number of halogens is 1. The fourth-order valence-corrected chi connectivity index (χ4v) is 1.38. The van der Waals surface area contributed by atoms with E-state index >= 15 is 0 Å². The van der Waals surface area contributed by atoms with Crippen LogP contribution in [0.2, 0.25) is 5.02 Å². The Morgan fingerprint density at radius 3 is 2.94 bits per heavy atom. The van der Waals surface area contributed by atoms with E-state index in [2.05, 4.69) is 15.3 Å². The van der Waals surface area contributed by atoms with Gasteiger partial charge in [-0.1, -0.05) is 17.7 Å². The molecule has 0 atom stereocenters. The van der Waals surface area contributed by atoms with Gasteiger partial charge in [-0.25, -0.2) is 0 Å². The molecule has 0 fully saturated rings. The summed E-state index contributed by atoms with van der Waals surface area (Å²) in [6, 6.07) is 7.24. The van der Waals surface area contributed by atoms with Crippen LogP contribution in [0.3, 0.4) is 0 Å². The van der Waals surface area contributed by atoms with Crippen molar-refractivity contribution in [2.24, 2.45) is 0 Å². The minimum Gasteiger partial charge on any atom is -0.481 e. The van der Waals surface area contributed by atoms with Gasteiger partial charge in [-0.2, -0.15) is 4.98 Å². The predicted molar refractivity (Wildman–Crippen MR) is 63.3 cm³/mol. The van der Waals surface area contributed by atoms with E-state index in [-0.39, 0.29) is 0 Å². The molecule has 0 aromatic carbocycles. The van der Waals surface area contributed by atoms with Gasteiger partial charge >= 0.3 is 0 Å². The molecule has 0 aliphatic rings. The molecule has 0 bridgehead atoms. The quantitative estimate of drug-likeness (QED) is 0.889. The van der Waals surface area contributed by atoms with Crippen molar-refractivity contribution in [2.75, 3.05) is 12.4 Å². The average molecular weight is 236 g/mol. The van der Waals surface area contributed by atoms with E-state index in [1.165, 1.54) is 0 Å². The summed E-state index contributed by atoms with van der Waals surface area (Å²) in [5.41, 5.74) is 0.761. The van der Waals surface area contributed by atoms with Gasteiger partial charge in [-0.05, 0) is 12.1 Å². The number of hydrogen-bond donors (Lipinski definition) is 1. The lowest BCUT2D eigenvalue weighted by Gasteiger charge is -2.07. The summed E-state index contributed by atoms with van der Waals surface area (Å²) >= 11 is 5.96. The van der Waals surface area contributed by atoms with Crippen LogP contribution in [0.25, 0.3) is 0 Å². The summed E-state index contributed by atoms with van der Waals surface area (Å²) in [6.07, 6.45) is 3.23. The molecule has 1 N–H and O–H groups in total. The van der Waals surface area contributed by atoms with Gasteiger partial charge in [0.15, 0.2) is 0 Å². The topological polar surface area (TPSA) is 47.0 Å². The molecule has 0 saturated heterocycles. The molecule has 4 nitrogen and oxygen atoms in total. The van der Waals surface area contributed by atoms with Crippen LogP contribution in [0.4, 0.5) is 11.5 Å². The molecule has 5 heteroatoms. The Labute approximate surface area is 98.3 Å². The first-order valence-corrected chi connectivity index (χ1v) is 5.05. The van der Waals surface area contributed by atoms with Crippen LogP contribution in [-0.4, -0.2) is 17.1 Å². The molecule has 0 unspecified atom stereocenters. The highest BCUT2D eigenvalue weighted by Gasteiger charge is 2.01. The molecule has 0 radical (unpaired) electrons. The number of rotatable bonds is 3. The Kier molecular flexibility index (Phi) is 3.22. The van der Waals surface area contributed by atoms with Gasteiger partial charge in [0.2, 0.25) is 5.88 Å². The maximum atomic E-state index is 5.96. The van der Waals surface area contributed by atoms with Crippen LogP contribution in [0.1, 0.15) is 0 Å². The number of pyridine rings is 2. The molecule has 2 aromatic heterocycles. The molecule has 0 amide bonds. The second-order valence-corrected chi connectivity index (χ2v) is 3.45. The van der Waals surface area contributed by atoms with Gasteiger partial charge in [-0.3, -0.25) is 4.98 Å². The molecule has 2 rings (SSSR count). The maximum absolute atomic E-state index is 5.96. The van der Waals surface area contributed by atoms with Crippen molar-refractivity contribution in [3.63, 3.8) is 0 Å². The highest BCUT2D eigenvalue weighted by molar-refractivity contribution is 6.33. The minimum atomic E-state index is 0.548. The first kappa shape index (κ1) is 10.7. The highest BCUT2D eigenvalue weighted by atomic mass is 35.5. The number of nitrogens with zero attached hydrogens (tertiary/aromatic N) is 2. The number of methoxy groups -OCH3 is 1. The predicted octanol–water partition coefficient (Wildman–Crippen LogP) is 2.88. The number of nitrogens with one attached hydrogen (secondary N) is 1. The van der Waals surface area contributed by atoms with Gasteiger partial charge in [0.1, 0.15) is 5.82 Å².